The number of halogens is 2. The van der Waals surface area contributed by atoms with Gasteiger partial charge in [-0.1, -0.05) is 10.3 Å². The number of hydrogen-bond donors (Lipinski definition) is 2. The van der Waals surface area contributed by atoms with Gasteiger partial charge >= 0.3 is 0 Å². The molecule has 1 aromatic carbocycles. The summed E-state index contributed by atoms with van der Waals surface area (Å²) in [6.07, 6.45) is 1.62. The molecule has 19 heteroatoms. The monoisotopic (exact) mass is 705 g/mol. The molecule has 0 fully saturated rings. The van der Waals surface area contributed by atoms with Crippen molar-refractivity contribution in [1.29, 1.82) is 0 Å². The molecule has 0 aliphatic rings. The molecule has 2 heterocycles. The lowest BCUT2D eigenvalue weighted by atomic mass is 10.0. The highest BCUT2D eigenvalue weighted by molar-refractivity contribution is 6.43. The summed E-state index contributed by atoms with van der Waals surface area (Å²) in [4.78, 5) is 41.4. The van der Waals surface area contributed by atoms with Crippen LogP contribution in [0.4, 0.5) is 14.5 Å². The largest absolute Gasteiger partial charge is 0.379 e. The van der Waals surface area contributed by atoms with E-state index in [0.717, 1.165) is 12.1 Å². The lowest BCUT2D eigenvalue weighted by Gasteiger charge is -2.08. The second-order valence-electron chi connectivity index (χ2n) is 10.6. The maximum absolute atomic E-state index is 13.6. The number of aromatic nitrogens is 4. The van der Waals surface area contributed by atoms with Crippen LogP contribution in [0.5, 0.6) is 0 Å². The fourth-order valence-corrected chi connectivity index (χ4v) is 4.58. The van der Waals surface area contributed by atoms with E-state index in [2.05, 4.69) is 31.0 Å². The van der Waals surface area contributed by atoms with E-state index < -0.39 is 29.2 Å². The lowest BCUT2D eigenvalue weighted by Crippen LogP contribution is -2.31. The second-order valence-corrected chi connectivity index (χ2v) is 10.6. The third kappa shape index (κ3) is 12.6. The fraction of sp³-hybridized carbons (Fsp3) is 0.516. The van der Waals surface area contributed by atoms with Gasteiger partial charge in [-0.05, 0) is 37.1 Å². The number of benzene rings is 1. The zero-order valence-electron chi connectivity index (χ0n) is 28.2. The van der Waals surface area contributed by atoms with Crippen molar-refractivity contribution in [2.24, 2.45) is 12.2 Å². The first kappa shape index (κ1) is 39.7. The Hall–Kier alpha value is -4.78. The molecule has 3 rings (SSSR count). The SMILES string of the molecule is Cc1c(C(=O)C(=O)NCc2cn(CCOCCOCCOCCOCCOCCN=[N+]=[N-])nn2)c(C)n(C)c1C(=O)Nc1ccc(F)c(F)c1. The Labute approximate surface area is 286 Å². The van der Waals surface area contributed by atoms with Crippen LogP contribution in [0.25, 0.3) is 10.4 Å². The van der Waals surface area contributed by atoms with Crippen LogP contribution in [0.1, 0.15) is 37.8 Å². The van der Waals surface area contributed by atoms with Gasteiger partial charge in [0.1, 0.15) is 11.4 Å². The van der Waals surface area contributed by atoms with Gasteiger partial charge in [0, 0.05) is 36.0 Å². The molecule has 0 spiro atoms. The molecule has 2 N–H and O–H groups in total. The van der Waals surface area contributed by atoms with Crippen LogP contribution in [-0.2, 0) is 48.6 Å². The molecule has 3 aromatic rings. The van der Waals surface area contributed by atoms with Gasteiger partial charge < -0.3 is 38.9 Å². The van der Waals surface area contributed by atoms with Gasteiger partial charge in [-0.15, -0.1) is 5.10 Å². The summed E-state index contributed by atoms with van der Waals surface area (Å²) in [5.41, 5.74) is 9.39. The maximum Gasteiger partial charge on any atom is 0.292 e. The highest BCUT2D eigenvalue weighted by atomic mass is 19.2. The number of Topliss-reactive ketones (excluding diaryl/α,β-unsaturated/α-hetero) is 1. The lowest BCUT2D eigenvalue weighted by molar-refractivity contribution is -0.117. The first-order valence-corrected chi connectivity index (χ1v) is 15.7. The molecule has 0 bridgehead atoms. The van der Waals surface area contributed by atoms with Crippen molar-refractivity contribution in [1.82, 2.24) is 24.9 Å². The molecule has 17 nitrogen and oxygen atoms in total. The van der Waals surface area contributed by atoms with Gasteiger partial charge in [-0.3, -0.25) is 14.4 Å². The number of carbonyl (C=O) groups excluding carboxylic acids is 3. The normalized spacial score (nSPS) is 11.0. The average Bonchev–Trinajstić information content (AvgIpc) is 3.64. The van der Waals surface area contributed by atoms with Gasteiger partial charge in [0.05, 0.1) is 90.9 Å². The molecule has 0 saturated heterocycles. The number of ether oxygens (including phenoxy) is 5. The molecule has 0 saturated carbocycles. The number of azide groups is 1. The molecular weight excluding hydrogens is 664 g/mol. The Morgan fingerprint density at radius 1 is 0.900 bits per heavy atom. The van der Waals surface area contributed by atoms with Crippen LogP contribution >= 0.6 is 0 Å². The minimum absolute atomic E-state index is 0.0312. The number of nitrogens with zero attached hydrogens (tertiary/aromatic N) is 7. The quantitative estimate of drug-likeness (QED) is 0.0348. The molecule has 0 unspecified atom stereocenters. The highest BCUT2D eigenvalue weighted by Gasteiger charge is 2.28. The van der Waals surface area contributed by atoms with Crippen molar-refractivity contribution >= 4 is 23.3 Å². The van der Waals surface area contributed by atoms with Gasteiger partial charge in [0.15, 0.2) is 11.6 Å². The predicted octanol–water partition coefficient (Wildman–Crippen LogP) is 2.66. The molecular formula is C31H41F2N9O8. The minimum Gasteiger partial charge on any atom is -0.379 e. The molecule has 0 radical (unpaired) electrons. The Bertz CT molecular complexity index is 1630. The number of amides is 2. The number of anilines is 1. The molecule has 272 valence electrons. The third-order valence-corrected chi connectivity index (χ3v) is 7.12. The number of carbonyl (C=O) groups is 3. The van der Waals surface area contributed by atoms with E-state index >= 15 is 0 Å². The van der Waals surface area contributed by atoms with E-state index in [4.69, 9.17) is 29.2 Å². The number of rotatable bonds is 24. The first-order valence-electron chi connectivity index (χ1n) is 15.7. The van der Waals surface area contributed by atoms with E-state index in [-0.39, 0.29) is 29.1 Å². The van der Waals surface area contributed by atoms with Crippen LogP contribution in [0.15, 0.2) is 29.5 Å². The second kappa shape index (κ2) is 21.3. The van der Waals surface area contributed by atoms with E-state index in [0.29, 0.717) is 90.5 Å². The van der Waals surface area contributed by atoms with E-state index in [1.165, 1.54) is 17.6 Å². The number of nitrogens with one attached hydrogen (secondary N) is 2. The van der Waals surface area contributed by atoms with E-state index in [1.54, 1.807) is 24.9 Å². The zero-order chi connectivity index (χ0) is 36.3. The Kier molecular flexibility index (Phi) is 16.9. The van der Waals surface area contributed by atoms with Crippen molar-refractivity contribution in [2.45, 2.75) is 26.9 Å². The Balaban J connectivity index is 1.29. The average molecular weight is 706 g/mol. The van der Waals surface area contributed by atoms with Crippen molar-refractivity contribution in [3.8, 4) is 0 Å². The summed E-state index contributed by atoms with van der Waals surface area (Å²) >= 11 is 0. The Morgan fingerprint density at radius 2 is 1.50 bits per heavy atom. The smallest absolute Gasteiger partial charge is 0.292 e. The first-order chi connectivity index (χ1) is 24.1. The van der Waals surface area contributed by atoms with Gasteiger partial charge in [-0.25, -0.2) is 13.5 Å². The molecule has 0 atom stereocenters. The standard InChI is InChI=1S/C31H41F2N9O8/c1-21-27(22(2)41(3)28(21)30(44)37-23-4-5-25(32)26(33)18-23)29(43)31(45)35-19-24-20-42(40-38-24)7-9-47-11-13-49-15-17-50-16-14-48-12-10-46-8-6-36-39-34/h4-5,18,20H,6-17,19H2,1-3H3,(H,35,45)(H,37,44). The van der Waals surface area contributed by atoms with Crippen LogP contribution in [0.2, 0.25) is 0 Å². The van der Waals surface area contributed by atoms with E-state index in [1.807, 2.05) is 0 Å². The van der Waals surface area contributed by atoms with Crippen molar-refractivity contribution in [3.63, 3.8) is 0 Å². The van der Waals surface area contributed by atoms with Gasteiger partial charge in [0.25, 0.3) is 17.6 Å². The van der Waals surface area contributed by atoms with E-state index in [9.17, 15) is 23.2 Å². The van der Waals surface area contributed by atoms with Crippen LogP contribution < -0.4 is 10.6 Å². The summed E-state index contributed by atoms with van der Waals surface area (Å²) < 4.78 is 56.8. The number of ketones is 1. The minimum atomic E-state index is -1.12. The summed E-state index contributed by atoms with van der Waals surface area (Å²) in [5.74, 6) is -4.57. The summed E-state index contributed by atoms with van der Waals surface area (Å²) in [6, 6.07) is 2.94. The molecule has 2 amide bonds. The van der Waals surface area contributed by atoms with Gasteiger partial charge in [-0.2, -0.15) is 0 Å². The van der Waals surface area contributed by atoms with Crippen molar-refractivity contribution < 1.29 is 46.8 Å². The predicted molar refractivity (Wildman–Crippen MR) is 174 cm³/mol. The van der Waals surface area contributed by atoms with Gasteiger partial charge in [0.2, 0.25) is 0 Å². The third-order valence-electron chi connectivity index (χ3n) is 7.12. The molecule has 50 heavy (non-hydrogen) atoms. The van der Waals surface area contributed by atoms with Crippen LogP contribution in [0, 0.1) is 25.5 Å². The summed E-state index contributed by atoms with van der Waals surface area (Å²) in [5, 5.41) is 16.4. The van der Waals surface area contributed by atoms with Crippen molar-refractivity contribution in [3.05, 3.63) is 74.7 Å². The molecule has 0 aliphatic heterocycles. The number of hydrogen-bond acceptors (Lipinski definition) is 11. The topological polar surface area (TPSA) is 206 Å². The fourth-order valence-electron chi connectivity index (χ4n) is 4.58. The molecule has 2 aromatic heterocycles. The summed E-state index contributed by atoms with van der Waals surface area (Å²) in [6.45, 7) is 7.74. The highest BCUT2D eigenvalue weighted by Crippen LogP contribution is 2.23. The van der Waals surface area contributed by atoms with Crippen LogP contribution in [0.3, 0.4) is 0 Å². The summed E-state index contributed by atoms with van der Waals surface area (Å²) in [7, 11) is 1.56. The zero-order valence-corrected chi connectivity index (χ0v) is 28.2. The van der Waals surface area contributed by atoms with Crippen LogP contribution in [-0.4, -0.2) is 110 Å². The maximum atomic E-state index is 13.6. The van der Waals surface area contributed by atoms with Crippen molar-refractivity contribution in [2.75, 3.05) is 77.9 Å². The molecule has 0 aliphatic carbocycles. The Morgan fingerprint density at radius 3 is 2.10 bits per heavy atom.